The predicted molar refractivity (Wildman–Crippen MR) is 66.7 cm³/mol. The summed E-state index contributed by atoms with van der Waals surface area (Å²) in [6, 6.07) is 0.486. The lowest BCUT2D eigenvalue weighted by Crippen LogP contribution is -2.21. The summed E-state index contributed by atoms with van der Waals surface area (Å²) < 4.78 is 5.42. The molecule has 0 aromatic carbocycles. The molecular formula is C11H21N3OS. The van der Waals surface area contributed by atoms with Crippen molar-refractivity contribution < 1.29 is 4.74 Å². The normalized spacial score (nSPS) is 11.2. The molecule has 0 atom stereocenters. The smallest absolute Gasteiger partial charge is 0.131 e. The highest BCUT2D eigenvalue weighted by Crippen LogP contribution is 2.10. The fourth-order valence-corrected chi connectivity index (χ4v) is 1.93. The van der Waals surface area contributed by atoms with Crippen LogP contribution < -0.4 is 5.32 Å². The molecule has 16 heavy (non-hydrogen) atoms. The van der Waals surface area contributed by atoms with Gasteiger partial charge in [0.2, 0.25) is 0 Å². The Morgan fingerprint density at radius 2 is 2.00 bits per heavy atom. The van der Waals surface area contributed by atoms with E-state index >= 15 is 0 Å². The van der Waals surface area contributed by atoms with Crippen LogP contribution in [0.15, 0.2) is 0 Å². The van der Waals surface area contributed by atoms with Gasteiger partial charge in [0.25, 0.3) is 0 Å². The molecule has 0 spiro atoms. The summed E-state index contributed by atoms with van der Waals surface area (Å²) in [6.45, 7) is 8.76. The van der Waals surface area contributed by atoms with Gasteiger partial charge in [-0.05, 0) is 6.42 Å². The largest absolute Gasteiger partial charge is 0.381 e. The Labute approximate surface area is 101 Å². The van der Waals surface area contributed by atoms with Gasteiger partial charge in [-0.25, -0.2) is 0 Å². The van der Waals surface area contributed by atoms with Crippen LogP contribution in [0.3, 0.4) is 0 Å². The second-order valence-electron chi connectivity index (χ2n) is 3.99. The van der Waals surface area contributed by atoms with Crippen molar-refractivity contribution in [3.63, 3.8) is 0 Å². The van der Waals surface area contributed by atoms with Crippen LogP contribution in [0.5, 0.6) is 0 Å². The van der Waals surface area contributed by atoms with Crippen LogP contribution in [0.4, 0.5) is 0 Å². The van der Waals surface area contributed by atoms with Gasteiger partial charge in [-0.2, -0.15) is 0 Å². The van der Waals surface area contributed by atoms with E-state index in [1.807, 2.05) is 0 Å². The maximum absolute atomic E-state index is 5.42. The van der Waals surface area contributed by atoms with E-state index < -0.39 is 0 Å². The predicted octanol–water partition coefficient (Wildman–Crippen LogP) is 2.01. The van der Waals surface area contributed by atoms with Crippen LogP contribution in [0.1, 0.15) is 37.2 Å². The number of hydrogen-bond acceptors (Lipinski definition) is 5. The van der Waals surface area contributed by atoms with Gasteiger partial charge in [-0.15, -0.1) is 21.5 Å². The summed E-state index contributed by atoms with van der Waals surface area (Å²) in [5.41, 5.74) is 0. The van der Waals surface area contributed by atoms with E-state index in [0.717, 1.165) is 42.6 Å². The quantitative estimate of drug-likeness (QED) is 0.709. The average molecular weight is 243 g/mol. The Morgan fingerprint density at radius 3 is 2.69 bits per heavy atom. The molecule has 1 N–H and O–H groups in total. The van der Waals surface area contributed by atoms with Crippen LogP contribution in [-0.2, 0) is 17.7 Å². The molecular weight excluding hydrogens is 222 g/mol. The van der Waals surface area contributed by atoms with Crippen LogP contribution in [-0.4, -0.2) is 29.5 Å². The van der Waals surface area contributed by atoms with Crippen LogP contribution in [0, 0.1) is 0 Å². The number of hydrogen-bond donors (Lipinski definition) is 1. The molecule has 0 aliphatic rings. The summed E-state index contributed by atoms with van der Waals surface area (Å²) in [7, 11) is 0. The zero-order valence-electron chi connectivity index (χ0n) is 10.3. The summed E-state index contributed by atoms with van der Waals surface area (Å²) >= 11 is 1.67. The van der Waals surface area contributed by atoms with Crippen molar-refractivity contribution in [2.75, 3.05) is 13.2 Å². The SMILES string of the molecule is CCCOCCc1nnc(CNC(C)C)s1. The van der Waals surface area contributed by atoms with Crippen molar-refractivity contribution in [1.29, 1.82) is 0 Å². The first kappa shape index (κ1) is 13.5. The molecule has 4 nitrogen and oxygen atoms in total. The zero-order valence-corrected chi connectivity index (χ0v) is 11.1. The molecule has 92 valence electrons. The molecule has 0 unspecified atom stereocenters. The molecule has 0 radical (unpaired) electrons. The van der Waals surface area contributed by atoms with Gasteiger partial charge in [0.15, 0.2) is 0 Å². The van der Waals surface area contributed by atoms with Gasteiger partial charge in [-0.1, -0.05) is 20.8 Å². The second-order valence-corrected chi connectivity index (χ2v) is 5.13. The van der Waals surface area contributed by atoms with Crippen molar-refractivity contribution in [3.8, 4) is 0 Å². The molecule has 0 saturated heterocycles. The number of nitrogens with zero attached hydrogens (tertiary/aromatic N) is 2. The molecule has 1 rings (SSSR count). The molecule has 1 aromatic heterocycles. The molecule has 0 bridgehead atoms. The third-order valence-electron chi connectivity index (χ3n) is 1.98. The molecule has 5 heteroatoms. The standard InChI is InChI=1S/C11H21N3OS/c1-4-6-15-7-5-10-13-14-11(16-10)8-12-9(2)3/h9,12H,4-8H2,1-3H3. The lowest BCUT2D eigenvalue weighted by molar-refractivity contribution is 0.138. The van der Waals surface area contributed by atoms with Crippen molar-refractivity contribution in [3.05, 3.63) is 10.0 Å². The van der Waals surface area contributed by atoms with E-state index in [2.05, 4.69) is 36.3 Å². The van der Waals surface area contributed by atoms with Crippen molar-refractivity contribution >= 4 is 11.3 Å². The fraction of sp³-hybridized carbons (Fsp3) is 0.818. The van der Waals surface area contributed by atoms with E-state index in [-0.39, 0.29) is 0 Å². The van der Waals surface area contributed by atoms with Gasteiger partial charge in [0.1, 0.15) is 10.0 Å². The molecule has 1 heterocycles. The first-order chi connectivity index (χ1) is 7.72. The highest BCUT2D eigenvalue weighted by molar-refractivity contribution is 7.11. The summed E-state index contributed by atoms with van der Waals surface area (Å²) in [5, 5.41) is 13.7. The monoisotopic (exact) mass is 243 g/mol. The summed E-state index contributed by atoms with van der Waals surface area (Å²) in [5.74, 6) is 0. The molecule has 0 aliphatic heterocycles. The van der Waals surface area contributed by atoms with Gasteiger partial charge >= 0.3 is 0 Å². The number of rotatable bonds is 8. The highest BCUT2D eigenvalue weighted by Gasteiger charge is 2.04. The summed E-state index contributed by atoms with van der Waals surface area (Å²) in [4.78, 5) is 0. The van der Waals surface area contributed by atoms with Gasteiger partial charge in [0, 0.05) is 25.6 Å². The lowest BCUT2D eigenvalue weighted by atomic mass is 10.4. The Morgan fingerprint density at radius 1 is 1.25 bits per heavy atom. The molecule has 0 amide bonds. The second kappa shape index (κ2) is 7.70. The van der Waals surface area contributed by atoms with E-state index in [1.165, 1.54) is 0 Å². The van der Waals surface area contributed by atoms with Crippen molar-refractivity contribution in [1.82, 2.24) is 15.5 Å². The van der Waals surface area contributed by atoms with Gasteiger partial charge in [0.05, 0.1) is 6.61 Å². The van der Waals surface area contributed by atoms with E-state index in [0.29, 0.717) is 6.04 Å². The minimum atomic E-state index is 0.486. The number of aromatic nitrogens is 2. The van der Waals surface area contributed by atoms with E-state index in [4.69, 9.17) is 4.74 Å². The average Bonchev–Trinajstić information content (AvgIpc) is 2.70. The van der Waals surface area contributed by atoms with E-state index in [9.17, 15) is 0 Å². The Balaban J connectivity index is 2.22. The lowest BCUT2D eigenvalue weighted by Gasteiger charge is -2.03. The highest BCUT2D eigenvalue weighted by atomic mass is 32.1. The van der Waals surface area contributed by atoms with Crippen LogP contribution in [0.2, 0.25) is 0 Å². The minimum absolute atomic E-state index is 0.486. The van der Waals surface area contributed by atoms with Crippen molar-refractivity contribution in [2.24, 2.45) is 0 Å². The third kappa shape index (κ3) is 5.53. The first-order valence-electron chi connectivity index (χ1n) is 5.84. The maximum atomic E-state index is 5.42. The molecule has 0 saturated carbocycles. The third-order valence-corrected chi connectivity index (χ3v) is 2.96. The molecule has 1 aromatic rings. The molecule has 0 fully saturated rings. The van der Waals surface area contributed by atoms with Gasteiger partial charge in [-0.3, -0.25) is 0 Å². The number of ether oxygens (including phenoxy) is 1. The first-order valence-corrected chi connectivity index (χ1v) is 6.66. The Kier molecular flexibility index (Phi) is 6.52. The topological polar surface area (TPSA) is 47.0 Å². The van der Waals surface area contributed by atoms with E-state index in [1.54, 1.807) is 11.3 Å². The Hall–Kier alpha value is -0.520. The summed E-state index contributed by atoms with van der Waals surface area (Å²) in [6.07, 6.45) is 1.94. The molecule has 0 aliphatic carbocycles. The number of nitrogens with one attached hydrogen (secondary N) is 1. The van der Waals surface area contributed by atoms with Crippen molar-refractivity contribution in [2.45, 2.75) is 46.2 Å². The van der Waals surface area contributed by atoms with Crippen LogP contribution >= 0.6 is 11.3 Å². The zero-order chi connectivity index (χ0) is 11.8. The maximum Gasteiger partial charge on any atom is 0.131 e. The minimum Gasteiger partial charge on any atom is -0.381 e. The van der Waals surface area contributed by atoms with Crippen LogP contribution in [0.25, 0.3) is 0 Å². The fourth-order valence-electron chi connectivity index (χ4n) is 1.16. The van der Waals surface area contributed by atoms with Gasteiger partial charge < -0.3 is 10.1 Å². The Bertz CT molecular complexity index is 289.